The van der Waals surface area contributed by atoms with E-state index in [4.69, 9.17) is 0 Å². The van der Waals surface area contributed by atoms with E-state index < -0.39 is 30.0 Å². The molecule has 25 heavy (non-hydrogen) atoms. The average molecular weight is 475 g/mol. The first-order valence-corrected chi connectivity index (χ1v) is 17.8. The predicted octanol–water partition coefficient (Wildman–Crippen LogP) is 6.33. The molecular weight excluding hydrogens is 445 g/mol. The molecule has 1 aromatic heterocycles. The molecular formula is C19H30F2N2SSn. The van der Waals surface area contributed by atoms with Crippen LogP contribution in [0.4, 0.5) is 8.78 Å². The summed E-state index contributed by atoms with van der Waals surface area (Å²) in [5.41, 5.74) is 1.58. The minimum absolute atomic E-state index is 0.312. The molecule has 2 aromatic rings. The van der Waals surface area contributed by atoms with Crippen molar-refractivity contribution in [2.75, 3.05) is 0 Å². The summed E-state index contributed by atoms with van der Waals surface area (Å²) in [4.78, 5) is 0. The summed E-state index contributed by atoms with van der Waals surface area (Å²) in [7, 11) is 0. The molecule has 0 aliphatic rings. The number of nitrogens with zero attached hydrogens (tertiary/aromatic N) is 2. The number of hydrogen-bond donors (Lipinski definition) is 0. The maximum absolute atomic E-state index is 15.3. The van der Waals surface area contributed by atoms with Crippen molar-refractivity contribution in [3.8, 4) is 0 Å². The number of aryl methyl sites for hydroxylation is 1. The quantitative estimate of drug-likeness (QED) is 0.375. The van der Waals surface area contributed by atoms with Crippen LogP contribution in [0.15, 0.2) is 0 Å². The van der Waals surface area contributed by atoms with Gasteiger partial charge in [-0.25, -0.2) is 0 Å². The number of benzene rings is 1. The van der Waals surface area contributed by atoms with Gasteiger partial charge in [-0.1, -0.05) is 0 Å². The van der Waals surface area contributed by atoms with E-state index in [2.05, 4.69) is 29.5 Å². The van der Waals surface area contributed by atoms with Gasteiger partial charge in [-0.3, -0.25) is 0 Å². The van der Waals surface area contributed by atoms with E-state index in [-0.39, 0.29) is 0 Å². The van der Waals surface area contributed by atoms with Gasteiger partial charge in [0, 0.05) is 0 Å². The second kappa shape index (κ2) is 9.58. The molecule has 0 radical (unpaired) electrons. The summed E-state index contributed by atoms with van der Waals surface area (Å²) in [6.45, 7) is 8.17. The van der Waals surface area contributed by atoms with Gasteiger partial charge < -0.3 is 0 Å². The Labute approximate surface area is 158 Å². The van der Waals surface area contributed by atoms with Crippen molar-refractivity contribution < 1.29 is 8.78 Å². The predicted molar refractivity (Wildman–Crippen MR) is 107 cm³/mol. The molecule has 0 atom stereocenters. The van der Waals surface area contributed by atoms with Gasteiger partial charge in [0.1, 0.15) is 0 Å². The number of aromatic nitrogens is 2. The van der Waals surface area contributed by atoms with Crippen LogP contribution in [-0.2, 0) is 0 Å². The monoisotopic (exact) mass is 476 g/mol. The Balaban J connectivity index is 2.70. The number of halogens is 2. The van der Waals surface area contributed by atoms with Gasteiger partial charge in [-0.2, -0.15) is 0 Å². The molecule has 1 aromatic carbocycles. The molecule has 2 nitrogen and oxygen atoms in total. The fourth-order valence-corrected chi connectivity index (χ4v) is 21.4. The van der Waals surface area contributed by atoms with Crippen LogP contribution in [0.5, 0.6) is 0 Å². The Morgan fingerprint density at radius 1 is 0.800 bits per heavy atom. The number of rotatable bonds is 10. The third kappa shape index (κ3) is 4.34. The van der Waals surface area contributed by atoms with Crippen molar-refractivity contribution in [3.63, 3.8) is 0 Å². The van der Waals surface area contributed by atoms with E-state index in [9.17, 15) is 4.39 Å². The van der Waals surface area contributed by atoms with E-state index in [0.29, 0.717) is 20.2 Å². The topological polar surface area (TPSA) is 25.8 Å². The molecule has 0 bridgehead atoms. The molecule has 0 fully saturated rings. The van der Waals surface area contributed by atoms with E-state index in [0.717, 1.165) is 63.6 Å². The second-order valence-corrected chi connectivity index (χ2v) is 20.7. The Kier molecular flexibility index (Phi) is 8.05. The van der Waals surface area contributed by atoms with Crippen LogP contribution in [0.25, 0.3) is 11.0 Å². The average Bonchev–Trinajstić information content (AvgIpc) is 3.10. The van der Waals surface area contributed by atoms with Crippen molar-refractivity contribution in [2.45, 2.75) is 79.5 Å². The molecule has 0 N–H and O–H groups in total. The summed E-state index contributed by atoms with van der Waals surface area (Å²) in [6.07, 6.45) is 6.63. The number of hydrogen-bond acceptors (Lipinski definition) is 3. The van der Waals surface area contributed by atoms with E-state index in [1.54, 1.807) is 6.92 Å². The molecule has 140 valence electrons. The van der Waals surface area contributed by atoms with E-state index >= 15 is 4.39 Å². The summed E-state index contributed by atoms with van der Waals surface area (Å²) < 4.78 is 42.7. The van der Waals surface area contributed by atoms with Crippen LogP contribution in [0.1, 0.15) is 64.9 Å². The molecule has 0 unspecified atom stereocenters. The fourth-order valence-electron chi connectivity index (χ4n) is 3.86. The van der Waals surface area contributed by atoms with Crippen molar-refractivity contribution in [3.05, 3.63) is 17.2 Å². The molecule has 0 aliphatic carbocycles. The Bertz CT molecular complexity index is 681. The Hall–Kier alpha value is -0.301. The molecule has 0 spiro atoms. The van der Waals surface area contributed by atoms with Gasteiger partial charge >= 0.3 is 159 Å². The third-order valence-corrected chi connectivity index (χ3v) is 21.5. The summed E-state index contributed by atoms with van der Waals surface area (Å²) in [5.74, 6) is -1.29. The maximum atomic E-state index is 15.3. The van der Waals surface area contributed by atoms with Crippen LogP contribution in [0.3, 0.4) is 0 Å². The van der Waals surface area contributed by atoms with Crippen molar-refractivity contribution in [1.82, 2.24) is 8.75 Å². The number of unbranched alkanes of at least 4 members (excludes halogenated alkanes) is 3. The summed E-state index contributed by atoms with van der Waals surface area (Å²) >= 11 is -2.02. The van der Waals surface area contributed by atoms with Gasteiger partial charge in [-0.15, -0.1) is 0 Å². The minimum atomic E-state index is -3.11. The van der Waals surface area contributed by atoms with Crippen LogP contribution in [0.2, 0.25) is 13.3 Å². The van der Waals surface area contributed by atoms with Crippen molar-refractivity contribution in [1.29, 1.82) is 0 Å². The third-order valence-electron chi connectivity index (χ3n) is 5.38. The van der Waals surface area contributed by atoms with Gasteiger partial charge in [-0.05, 0) is 0 Å². The Morgan fingerprint density at radius 2 is 1.28 bits per heavy atom. The van der Waals surface area contributed by atoms with E-state index in [1.165, 1.54) is 0 Å². The normalized spacial score (nSPS) is 12.2. The van der Waals surface area contributed by atoms with Crippen LogP contribution in [0, 0.1) is 18.6 Å². The first-order valence-electron chi connectivity index (χ1n) is 9.62. The molecule has 0 saturated heterocycles. The first kappa shape index (κ1) is 21.0. The number of fused-ring (bicyclic) bond motifs is 1. The van der Waals surface area contributed by atoms with Gasteiger partial charge in [0.25, 0.3) is 0 Å². The molecule has 2 rings (SSSR count). The SMILES string of the molecule is CCC[CH2][Sn]([CH2]CCC)([CH2]CCC)[c]1c(F)c(F)c(C)c2nsnc12. The fraction of sp³-hybridized carbons (Fsp3) is 0.684. The first-order chi connectivity index (χ1) is 12.0. The summed E-state index contributed by atoms with van der Waals surface area (Å²) in [5, 5.41) is 0. The van der Waals surface area contributed by atoms with Gasteiger partial charge in [0.2, 0.25) is 0 Å². The molecule has 6 heteroatoms. The van der Waals surface area contributed by atoms with Gasteiger partial charge in [0.05, 0.1) is 0 Å². The van der Waals surface area contributed by atoms with Crippen LogP contribution >= 0.6 is 11.7 Å². The van der Waals surface area contributed by atoms with Gasteiger partial charge in [0.15, 0.2) is 0 Å². The van der Waals surface area contributed by atoms with Crippen molar-refractivity contribution in [2.24, 2.45) is 0 Å². The zero-order chi connectivity index (χ0) is 18.4. The standard InChI is InChI=1S/C7H3F2N2S.3C4H9.Sn/c1-3-6(9)4(8)2-5-7(3)11-12-10-5;3*1-3-4-2;/h1H3;3*1,3-4H2,2H3;. The Morgan fingerprint density at radius 3 is 1.76 bits per heavy atom. The van der Waals surface area contributed by atoms with Crippen LogP contribution in [-0.4, -0.2) is 27.1 Å². The summed E-state index contributed by atoms with van der Waals surface area (Å²) in [6, 6.07) is 0. The van der Waals surface area contributed by atoms with E-state index in [1.807, 2.05) is 0 Å². The molecule has 0 aliphatic heterocycles. The second-order valence-electron chi connectivity index (χ2n) is 7.18. The van der Waals surface area contributed by atoms with Crippen molar-refractivity contribution >= 4 is 44.7 Å². The molecule has 0 amide bonds. The zero-order valence-electron chi connectivity index (χ0n) is 15.9. The molecule has 0 saturated carbocycles. The molecule has 1 heterocycles. The van der Waals surface area contributed by atoms with Crippen LogP contribution < -0.4 is 3.58 Å². The zero-order valence-corrected chi connectivity index (χ0v) is 19.6.